The lowest BCUT2D eigenvalue weighted by molar-refractivity contribution is 1.20. The van der Waals surface area contributed by atoms with Crippen molar-refractivity contribution in [3.05, 3.63) is 78.2 Å². The molecule has 24 heavy (non-hydrogen) atoms. The number of nitrogens with zero attached hydrogens (tertiary/aromatic N) is 1. The van der Waals surface area contributed by atoms with Gasteiger partial charge in [0.15, 0.2) is 0 Å². The van der Waals surface area contributed by atoms with E-state index in [4.69, 9.17) is 0 Å². The van der Waals surface area contributed by atoms with E-state index in [1.807, 2.05) is 11.3 Å². The molecule has 0 saturated heterocycles. The van der Waals surface area contributed by atoms with Crippen LogP contribution in [-0.2, 0) is 0 Å². The molecule has 0 unspecified atom stereocenters. The van der Waals surface area contributed by atoms with E-state index in [2.05, 4.69) is 82.7 Å². The van der Waals surface area contributed by atoms with Crippen LogP contribution in [0.2, 0.25) is 0 Å². The van der Waals surface area contributed by atoms with Gasteiger partial charge in [0.2, 0.25) is 0 Å². The minimum absolute atomic E-state index is 1.28. The van der Waals surface area contributed by atoms with Crippen molar-refractivity contribution in [3.63, 3.8) is 0 Å². The smallest absolute Gasteiger partial charge is 0.108 e. The molecule has 2 heteroatoms. The van der Waals surface area contributed by atoms with Gasteiger partial charge in [0, 0.05) is 21.9 Å². The van der Waals surface area contributed by atoms with Crippen molar-refractivity contribution in [3.8, 4) is 27.9 Å². The van der Waals surface area contributed by atoms with Crippen molar-refractivity contribution in [2.24, 2.45) is 0 Å². The summed E-state index contributed by atoms with van der Waals surface area (Å²) < 4.78 is 2.46. The molecule has 5 aromatic rings. The van der Waals surface area contributed by atoms with Gasteiger partial charge in [-0.15, -0.1) is 11.3 Å². The zero-order valence-corrected chi connectivity index (χ0v) is 13.7. The monoisotopic (exact) mass is 323 g/mol. The average Bonchev–Trinajstić information content (AvgIpc) is 3.19. The highest BCUT2D eigenvalue weighted by Crippen LogP contribution is 2.47. The normalized spacial score (nSPS) is 12.2. The maximum atomic E-state index is 2.46. The molecule has 3 aromatic carbocycles. The van der Waals surface area contributed by atoms with Crippen molar-refractivity contribution in [2.75, 3.05) is 0 Å². The zero-order valence-electron chi connectivity index (χ0n) is 12.9. The molecule has 0 atom stereocenters. The molecule has 0 spiro atoms. The van der Waals surface area contributed by atoms with E-state index >= 15 is 0 Å². The second-order valence-electron chi connectivity index (χ2n) is 6.24. The molecule has 112 valence electrons. The number of benzene rings is 3. The first-order valence-electron chi connectivity index (χ1n) is 8.13. The van der Waals surface area contributed by atoms with E-state index < -0.39 is 0 Å². The summed E-state index contributed by atoms with van der Waals surface area (Å²) in [5, 5.41) is 4.89. The van der Waals surface area contributed by atoms with Crippen LogP contribution in [0.15, 0.2) is 78.2 Å². The van der Waals surface area contributed by atoms with Gasteiger partial charge in [0.1, 0.15) is 4.83 Å². The third-order valence-electron chi connectivity index (χ3n) is 5.05. The van der Waals surface area contributed by atoms with Crippen LogP contribution in [0.3, 0.4) is 0 Å². The molecule has 0 aliphatic carbocycles. The SMILES string of the molecule is c1ccc2c(c1)-c1ccccc1-n1c3sccc3c3cccc-2c31. The van der Waals surface area contributed by atoms with E-state index in [0.29, 0.717) is 0 Å². The van der Waals surface area contributed by atoms with E-state index in [1.165, 1.54) is 49.1 Å². The summed E-state index contributed by atoms with van der Waals surface area (Å²) in [7, 11) is 0. The Morgan fingerprint density at radius 1 is 0.583 bits per heavy atom. The standard InChI is InChI=1S/C22H13NS/c1-2-7-15-14(6-1)16-8-3-4-11-20(16)23-21-17(15)9-5-10-18(21)19-12-13-24-22(19)23/h1-13H. The molecule has 1 nitrogen and oxygen atoms in total. The van der Waals surface area contributed by atoms with Gasteiger partial charge < -0.3 is 0 Å². The highest BCUT2D eigenvalue weighted by Gasteiger charge is 2.23. The van der Waals surface area contributed by atoms with E-state index in [-0.39, 0.29) is 0 Å². The molecular formula is C22H13NS. The van der Waals surface area contributed by atoms with Gasteiger partial charge in [-0.25, -0.2) is 0 Å². The number of hydrogen-bond acceptors (Lipinski definition) is 1. The predicted molar refractivity (Wildman–Crippen MR) is 103 cm³/mol. The van der Waals surface area contributed by atoms with Gasteiger partial charge in [-0.3, -0.25) is 4.57 Å². The minimum atomic E-state index is 1.28. The second kappa shape index (κ2) is 4.37. The fourth-order valence-corrected chi connectivity index (χ4v) is 5.01. The molecule has 0 amide bonds. The van der Waals surface area contributed by atoms with Gasteiger partial charge in [0.05, 0.1) is 11.2 Å². The summed E-state index contributed by atoms with van der Waals surface area (Å²) >= 11 is 1.82. The molecule has 0 saturated carbocycles. The molecular weight excluding hydrogens is 310 g/mol. The Balaban J connectivity index is 1.99. The molecule has 0 fully saturated rings. The summed E-state index contributed by atoms with van der Waals surface area (Å²) in [6.45, 7) is 0. The lowest BCUT2D eigenvalue weighted by atomic mass is 9.94. The van der Waals surface area contributed by atoms with Gasteiger partial charge in [-0.05, 0) is 28.6 Å². The Bertz CT molecular complexity index is 1260. The van der Waals surface area contributed by atoms with Crippen molar-refractivity contribution in [1.29, 1.82) is 0 Å². The number of para-hydroxylation sites is 2. The Morgan fingerprint density at radius 3 is 2.17 bits per heavy atom. The molecule has 0 bridgehead atoms. The lowest BCUT2D eigenvalue weighted by Gasteiger charge is -2.11. The van der Waals surface area contributed by atoms with Crippen LogP contribution in [0.4, 0.5) is 0 Å². The van der Waals surface area contributed by atoms with Crippen LogP contribution in [-0.4, -0.2) is 4.57 Å². The number of hydrogen-bond donors (Lipinski definition) is 0. The molecule has 1 aliphatic heterocycles. The van der Waals surface area contributed by atoms with Crippen LogP contribution in [0, 0.1) is 0 Å². The molecule has 3 heterocycles. The van der Waals surface area contributed by atoms with E-state index in [0.717, 1.165) is 0 Å². The number of aromatic nitrogens is 1. The molecule has 6 rings (SSSR count). The maximum Gasteiger partial charge on any atom is 0.108 e. The van der Waals surface area contributed by atoms with Crippen LogP contribution in [0.5, 0.6) is 0 Å². The predicted octanol–water partition coefficient (Wildman–Crippen LogP) is 6.49. The Labute approximate surface area is 143 Å². The Hall–Kier alpha value is -2.84. The summed E-state index contributed by atoms with van der Waals surface area (Å²) in [5.41, 5.74) is 7.86. The molecule has 0 radical (unpaired) electrons. The number of rotatable bonds is 0. The maximum absolute atomic E-state index is 2.46. The summed E-state index contributed by atoms with van der Waals surface area (Å²) in [4.78, 5) is 1.33. The molecule has 2 aromatic heterocycles. The lowest BCUT2D eigenvalue weighted by Crippen LogP contribution is -1.93. The highest BCUT2D eigenvalue weighted by atomic mass is 32.1. The fourth-order valence-electron chi connectivity index (χ4n) is 4.08. The zero-order chi connectivity index (χ0) is 15.7. The van der Waals surface area contributed by atoms with Gasteiger partial charge >= 0.3 is 0 Å². The highest BCUT2D eigenvalue weighted by molar-refractivity contribution is 7.17. The van der Waals surface area contributed by atoms with Crippen molar-refractivity contribution >= 4 is 32.5 Å². The fraction of sp³-hybridized carbons (Fsp3) is 0. The Kier molecular flexibility index (Phi) is 2.29. The third kappa shape index (κ3) is 1.40. The van der Waals surface area contributed by atoms with Crippen LogP contribution in [0.25, 0.3) is 49.1 Å². The largest absolute Gasteiger partial charge is 0.300 e. The van der Waals surface area contributed by atoms with Gasteiger partial charge in [-0.1, -0.05) is 60.7 Å². The summed E-state index contributed by atoms with van der Waals surface area (Å²) in [6, 6.07) is 26.5. The van der Waals surface area contributed by atoms with Crippen molar-refractivity contribution in [1.82, 2.24) is 4.57 Å². The molecule has 0 N–H and O–H groups in total. The second-order valence-corrected chi connectivity index (χ2v) is 7.13. The topological polar surface area (TPSA) is 4.93 Å². The van der Waals surface area contributed by atoms with Crippen LogP contribution >= 0.6 is 11.3 Å². The Morgan fingerprint density at radius 2 is 1.29 bits per heavy atom. The number of fused-ring (bicyclic) bond motifs is 8. The van der Waals surface area contributed by atoms with Gasteiger partial charge in [0.25, 0.3) is 0 Å². The minimum Gasteiger partial charge on any atom is -0.300 e. The summed E-state index contributed by atoms with van der Waals surface area (Å²) in [5.74, 6) is 0. The van der Waals surface area contributed by atoms with E-state index in [9.17, 15) is 0 Å². The van der Waals surface area contributed by atoms with Gasteiger partial charge in [-0.2, -0.15) is 0 Å². The number of thiophene rings is 1. The quantitative estimate of drug-likeness (QED) is 0.301. The first-order valence-corrected chi connectivity index (χ1v) is 9.01. The molecule has 1 aliphatic rings. The average molecular weight is 323 g/mol. The van der Waals surface area contributed by atoms with E-state index in [1.54, 1.807) is 0 Å². The summed E-state index contributed by atoms with van der Waals surface area (Å²) in [6.07, 6.45) is 0. The third-order valence-corrected chi connectivity index (χ3v) is 5.95. The first kappa shape index (κ1) is 12.6. The van der Waals surface area contributed by atoms with Crippen molar-refractivity contribution < 1.29 is 0 Å². The van der Waals surface area contributed by atoms with Crippen molar-refractivity contribution in [2.45, 2.75) is 0 Å². The first-order chi connectivity index (χ1) is 11.9. The van der Waals surface area contributed by atoms with Crippen LogP contribution < -0.4 is 0 Å². The van der Waals surface area contributed by atoms with Crippen LogP contribution in [0.1, 0.15) is 0 Å².